The molecule has 0 amide bonds. The highest BCUT2D eigenvalue weighted by atomic mass is 16.5. The lowest BCUT2D eigenvalue weighted by Gasteiger charge is -2.29. The summed E-state index contributed by atoms with van der Waals surface area (Å²) in [6.45, 7) is 0. The van der Waals surface area contributed by atoms with E-state index in [-0.39, 0.29) is 17.8 Å². The Morgan fingerprint density at radius 2 is 1.62 bits per heavy atom. The van der Waals surface area contributed by atoms with Crippen LogP contribution < -0.4 is 0 Å². The van der Waals surface area contributed by atoms with Gasteiger partial charge in [0.25, 0.3) is 0 Å². The summed E-state index contributed by atoms with van der Waals surface area (Å²) in [5.74, 6) is -1.86. The van der Waals surface area contributed by atoms with Gasteiger partial charge in [0.05, 0.1) is 32.2 Å². The zero-order valence-corrected chi connectivity index (χ0v) is 9.38. The van der Waals surface area contributed by atoms with Crippen molar-refractivity contribution in [2.24, 2.45) is 23.7 Å². The van der Waals surface area contributed by atoms with Crippen molar-refractivity contribution in [1.29, 1.82) is 0 Å². The number of ether oxygens (including phenoxy) is 2. The van der Waals surface area contributed by atoms with Crippen LogP contribution in [-0.2, 0) is 19.1 Å². The summed E-state index contributed by atoms with van der Waals surface area (Å²) in [6.07, 6.45) is 0.800. The van der Waals surface area contributed by atoms with Gasteiger partial charge >= 0.3 is 11.9 Å². The van der Waals surface area contributed by atoms with E-state index in [1.54, 1.807) is 0 Å². The van der Waals surface area contributed by atoms with Crippen LogP contribution in [0.15, 0.2) is 0 Å². The summed E-state index contributed by atoms with van der Waals surface area (Å²) in [5.41, 5.74) is 0. The number of esters is 2. The lowest BCUT2D eigenvalue weighted by Crippen LogP contribution is -2.41. The van der Waals surface area contributed by atoms with Crippen LogP contribution in [-0.4, -0.2) is 37.4 Å². The van der Waals surface area contributed by atoms with Gasteiger partial charge in [0.2, 0.25) is 0 Å². The van der Waals surface area contributed by atoms with E-state index in [4.69, 9.17) is 9.47 Å². The first-order valence-electron chi connectivity index (χ1n) is 5.43. The molecule has 0 heterocycles. The van der Waals surface area contributed by atoms with Gasteiger partial charge < -0.3 is 14.6 Å². The van der Waals surface area contributed by atoms with Gasteiger partial charge in [-0.2, -0.15) is 0 Å². The second kappa shape index (κ2) is 4.05. The Morgan fingerprint density at radius 3 is 2.19 bits per heavy atom. The van der Waals surface area contributed by atoms with Crippen LogP contribution in [0.3, 0.4) is 0 Å². The van der Waals surface area contributed by atoms with Crippen molar-refractivity contribution in [3.63, 3.8) is 0 Å². The van der Waals surface area contributed by atoms with Crippen LogP contribution >= 0.6 is 0 Å². The number of rotatable bonds is 2. The first-order valence-corrected chi connectivity index (χ1v) is 5.43. The van der Waals surface area contributed by atoms with Gasteiger partial charge in [-0.15, -0.1) is 0 Å². The maximum absolute atomic E-state index is 11.6. The minimum atomic E-state index is -0.536. The van der Waals surface area contributed by atoms with E-state index in [1.165, 1.54) is 14.2 Å². The van der Waals surface area contributed by atoms with Gasteiger partial charge in [-0.05, 0) is 24.7 Å². The molecule has 2 bridgehead atoms. The average Bonchev–Trinajstić information content (AvgIpc) is 2.82. The molecule has 0 saturated heterocycles. The molecule has 0 spiro atoms. The molecule has 2 aliphatic carbocycles. The molecule has 2 saturated carbocycles. The van der Waals surface area contributed by atoms with Crippen LogP contribution in [0.2, 0.25) is 0 Å². The molecule has 0 aliphatic heterocycles. The fraction of sp³-hybridized carbons (Fsp3) is 0.818. The standard InChI is InChI=1S/C11H16O5/c1-15-10(13)8-5-3-6(7(12)4-5)9(8)11(14)16-2/h5-9,12H,3-4H2,1-2H3/t5-,6+,7+,8-,9-/m0/s1. The number of aliphatic hydroxyl groups is 1. The topological polar surface area (TPSA) is 72.8 Å². The molecule has 0 aromatic heterocycles. The first kappa shape index (κ1) is 11.4. The smallest absolute Gasteiger partial charge is 0.309 e. The fourth-order valence-corrected chi connectivity index (χ4v) is 3.26. The molecule has 5 nitrogen and oxygen atoms in total. The minimum Gasteiger partial charge on any atom is -0.469 e. The highest BCUT2D eigenvalue weighted by Crippen LogP contribution is 2.53. The molecule has 5 atom stereocenters. The molecule has 90 valence electrons. The zero-order valence-electron chi connectivity index (χ0n) is 9.38. The third kappa shape index (κ3) is 1.50. The molecular formula is C11H16O5. The van der Waals surface area contributed by atoms with E-state index < -0.39 is 23.9 Å². The zero-order chi connectivity index (χ0) is 11.9. The van der Waals surface area contributed by atoms with Gasteiger partial charge in [-0.1, -0.05) is 0 Å². The van der Waals surface area contributed by atoms with Crippen LogP contribution in [0, 0.1) is 23.7 Å². The largest absolute Gasteiger partial charge is 0.469 e. The Kier molecular flexibility index (Phi) is 2.88. The van der Waals surface area contributed by atoms with Crippen LogP contribution in [0.25, 0.3) is 0 Å². The molecule has 2 fully saturated rings. The van der Waals surface area contributed by atoms with Crippen LogP contribution in [0.5, 0.6) is 0 Å². The van der Waals surface area contributed by atoms with Crippen LogP contribution in [0.1, 0.15) is 12.8 Å². The third-order valence-electron chi connectivity index (χ3n) is 3.92. The number of fused-ring (bicyclic) bond motifs is 2. The number of hydrogen-bond acceptors (Lipinski definition) is 5. The SMILES string of the molecule is COC(=O)[C@H]1[C@H]2C[C@@H]([C@@H]1C(=O)OC)[C@H](O)C2. The summed E-state index contributed by atoms with van der Waals surface area (Å²) in [4.78, 5) is 23.3. The Morgan fingerprint density at radius 1 is 1.06 bits per heavy atom. The maximum atomic E-state index is 11.6. The van der Waals surface area contributed by atoms with Crippen molar-refractivity contribution < 1.29 is 24.2 Å². The van der Waals surface area contributed by atoms with Crippen molar-refractivity contribution in [1.82, 2.24) is 0 Å². The van der Waals surface area contributed by atoms with E-state index in [0.717, 1.165) is 0 Å². The third-order valence-corrected chi connectivity index (χ3v) is 3.92. The lowest BCUT2D eigenvalue weighted by atomic mass is 9.78. The molecule has 5 heteroatoms. The van der Waals surface area contributed by atoms with Crippen molar-refractivity contribution >= 4 is 11.9 Å². The van der Waals surface area contributed by atoms with Crippen molar-refractivity contribution in [3.8, 4) is 0 Å². The highest BCUT2D eigenvalue weighted by Gasteiger charge is 2.58. The first-order chi connectivity index (χ1) is 7.60. The molecular weight excluding hydrogens is 212 g/mol. The summed E-state index contributed by atoms with van der Waals surface area (Å²) in [6, 6.07) is 0. The highest BCUT2D eigenvalue weighted by molar-refractivity contribution is 5.83. The Bertz CT molecular complexity index is 313. The number of hydrogen-bond donors (Lipinski definition) is 1. The molecule has 16 heavy (non-hydrogen) atoms. The van der Waals surface area contributed by atoms with Gasteiger partial charge in [-0.3, -0.25) is 9.59 Å². The predicted octanol–water partition coefficient (Wildman–Crippen LogP) is -0.0345. The normalized spacial score (nSPS) is 40.8. The molecule has 1 N–H and O–H groups in total. The maximum Gasteiger partial charge on any atom is 0.309 e. The van der Waals surface area contributed by atoms with Gasteiger partial charge in [-0.25, -0.2) is 0 Å². The van der Waals surface area contributed by atoms with Crippen molar-refractivity contribution in [2.75, 3.05) is 14.2 Å². The van der Waals surface area contributed by atoms with E-state index in [9.17, 15) is 14.7 Å². The Balaban J connectivity index is 2.24. The number of methoxy groups -OCH3 is 2. The number of carbonyl (C=O) groups excluding carboxylic acids is 2. The summed E-state index contributed by atoms with van der Waals surface area (Å²) in [7, 11) is 2.62. The Labute approximate surface area is 93.7 Å². The van der Waals surface area contributed by atoms with Gasteiger partial charge in [0, 0.05) is 0 Å². The Hall–Kier alpha value is -1.10. The molecule has 0 unspecified atom stereocenters. The molecule has 0 aromatic rings. The monoisotopic (exact) mass is 228 g/mol. The number of aliphatic hydroxyl groups excluding tert-OH is 1. The van der Waals surface area contributed by atoms with Crippen LogP contribution in [0.4, 0.5) is 0 Å². The van der Waals surface area contributed by atoms with Gasteiger partial charge in [0.1, 0.15) is 0 Å². The van der Waals surface area contributed by atoms with E-state index >= 15 is 0 Å². The average molecular weight is 228 g/mol. The predicted molar refractivity (Wildman–Crippen MR) is 53.2 cm³/mol. The number of carbonyl (C=O) groups is 2. The molecule has 2 rings (SSSR count). The van der Waals surface area contributed by atoms with E-state index in [2.05, 4.69) is 0 Å². The second-order valence-corrected chi connectivity index (χ2v) is 4.56. The molecule has 0 aromatic carbocycles. The fourth-order valence-electron chi connectivity index (χ4n) is 3.26. The molecule has 2 aliphatic rings. The minimum absolute atomic E-state index is 0.0524. The van der Waals surface area contributed by atoms with Crippen molar-refractivity contribution in [2.45, 2.75) is 18.9 Å². The summed E-state index contributed by atoms with van der Waals surface area (Å²) < 4.78 is 9.42. The lowest BCUT2D eigenvalue weighted by molar-refractivity contribution is -0.162. The quantitative estimate of drug-likeness (QED) is 0.672. The molecule has 0 radical (unpaired) electrons. The van der Waals surface area contributed by atoms with Gasteiger partial charge in [0.15, 0.2) is 0 Å². The second-order valence-electron chi connectivity index (χ2n) is 4.56. The van der Waals surface area contributed by atoms with E-state index in [0.29, 0.717) is 12.8 Å². The van der Waals surface area contributed by atoms with Crippen molar-refractivity contribution in [3.05, 3.63) is 0 Å². The summed E-state index contributed by atoms with van der Waals surface area (Å²) in [5, 5.41) is 9.75. The summed E-state index contributed by atoms with van der Waals surface area (Å²) >= 11 is 0. The van der Waals surface area contributed by atoms with E-state index in [1.807, 2.05) is 0 Å².